The van der Waals surface area contributed by atoms with Gasteiger partial charge in [-0.2, -0.15) is 0 Å². The van der Waals surface area contributed by atoms with Crippen molar-refractivity contribution in [2.45, 2.75) is 19.4 Å². The van der Waals surface area contributed by atoms with Crippen LogP contribution >= 0.6 is 0 Å². The summed E-state index contributed by atoms with van der Waals surface area (Å²) in [6, 6.07) is 7.60. The smallest absolute Gasteiger partial charge is 0.182 e. The molecule has 1 N–H and O–H groups in total. The molecule has 0 fully saturated rings. The third kappa shape index (κ3) is 2.06. The number of rotatable bonds is 3. The zero-order valence-electron chi connectivity index (χ0n) is 10.3. The summed E-state index contributed by atoms with van der Waals surface area (Å²) in [6.45, 7) is 3.77. The Bertz CT molecular complexity index is 556. The van der Waals surface area contributed by atoms with Crippen LogP contribution in [-0.2, 0) is 0 Å². The molecule has 0 saturated heterocycles. The molecule has 0 spiro atoms. The summed E-state index contributed by atoms with van der Waals surface area (Å²) in [5.41, 5.74) is 0.182. The van der Waals surface area contributed by atoms with Crippen molar-refractivity contribution in [3.63, 3.8) is 0 Å². The van der Waals surface area contributed by atoms with Gasteiger partial charge < -0.3 is 5.32 Å². The van der Waals surface area contributed by atoms with Gasteiger partial charge in [0.05, 0.1) is 5.54 Å². The van der Waals surface area contributed by atoms with Crippen LogP contribution in [0.15, 0.2) is 36.7 Å². The zero-order chi connectivity index (χ0) is 12.5. The number of likely N-dealkylation sites (N-methyl/N-ethyl adjacent to an activating group) is 1. The molecule has 2 aromatic rings. The lowest BCUT2D eigenvalue weighted by atomic mass is 9.91. The summed E-state index contributed by atoms with van der Waals surface area (Å²) in [4.78, 5) is 16.5. The van der Waals surface area contributed by atoms with Gasteiger partial charge in [0.15, 0.2) is 5.78 Å². The van der Waals surface area contributed by atoms with E-state index in [1.807, 2.05) is 38.1 Å². The predicted molar refractivity (Wildman–Crippen MR) is 69.2 cm³/mol. The molecular weight excluding hydrogens is 212 g/mol. The van der Waals surface area contributed by atoms with E-state index in [-0.39, 0.29) is 5.78 Å². The van der Waals surface area contributed by atoms with Crippen molar-refractivity contribution in [3.05, 3.63) is 42.2 Å². The number of carbonyl (C=O) groups excluding carboxylic acids is 1. The summed E-state index contributed by atoms with van der Waals surface area (Å²) in [6.07, 6.45) is 3.49. The van der Waals surface area contributed by atoms with Gasteiger partial charge in [0.2, 0.25) is 0 Å². The van der Waals surface area contributed by atoms with E-state index < -0.39 is 5.54 Å². The Labute approximate surface area is 101 Å². The standard InChI is InChI=1S/C14H16N2O/c1-14(2,15-3)13(17)12-6-4-5-10-9-16-8-7-11(10)12/h4-9,15H,1-3H3. The fourth-order valence-electron chi connectivity index (χ4n) is 1.77. The quantitative estimate of drug-likeness (QED) is 0.820. The lowest BCUT2D eigenvalue weighted by Crippen LogP contribution is -2.44. The lowest BCUT2D eigenvalue weighted by Gasteiger charge is -2.23. The first-order chi connectivity index (χ1) is 8.06. The highest BCUT2D eigenvalue weighted by molar-refractivity contribution is 6.11. The maximum atomic E-state index is 12.4. The summed E-state index contributed by atoms with van der Waals surface area (Å²) < 4.78 is 0. The molecule has 0 saturated carbocycles. The first-order valence-electron chi connectivity index (χ1n) is 5.63. The number of nitrogens with zero attached hydrogens (tertiary/aromatic N) is 1. The molecule has 0 radical (unpaired) electrons. The molecule has 2 rings (SSSR count). The van der Waals surface area contributed by atoms with Crippen molar-refractivity contribution in [1.82, 2.24) is 10.3 Å². The second-order valence-electron chi connectivity index (χ2n) is 4.61. The molecule has 0 bridgehead atoms. The fraction of sp³-hybridized carbons (Fsp3) is 0.286. The first kappa shape index (κ1) is 11.7. The Balaban J connectivity index is 2.60. The van der Waals surface area contributed by atoms with E-state index in [1.165, 1.54) is 0 Å². The number of benzene rings is 1. The summed E-state index contributed by atoms with van der Waals surface area (Å²) in [7, 11) is 1.80. The number of ketones is 1. The Morgan fingerprint density at radius 3 is 2.76 bits per heavy atom. The molecule has 0 amide bonds. The van der Waals surface area contributed by atoms with Gasteiger partial charge in [-0.15, -0.1) is 0 Å². The van der Waals surface area contributed by atoms with Crippen molar-refractivity contribution in [3.8, 4) is 0 Å². The number of carbonyl (C=O) groups is 1. The normalized spacial score (nSPS) is 11.7. The molecule has 0 unspecified atom stereocenters. The molecule has 0 aliphatic carbocycles. The van der Waals surface area contributed by atoms with Crippen LogP contribution in [0.4, 0.5) is 0 Å². The molecule has 88 valence electrons. The van der Waals surface area contributed by atoms with Crippen LogP contribution in [0.1, 0.15) is 24.2 Å². The van der Waals surface area contributed by atoms with E-state index in [9.17, 15) is 4.79 Å². The third-order valence-corrected chi connectivity index (χ3v) is 3.12. The summed E-state index contributed by atoms with van der Waals surface area (Å²) >= 11 is 0. The van der Waals surface area contributed by atoms with E-state index in [0.717, 1.165) is 16.3 Å². The van der Waals surface area contributed by atoms with Crippen LogP contribution in [0.25, 0.3) is 10.8 Å². The first-order valence-corrected chi connectivity index (χ1v) is 5.63. The molecular formula is C14H16N2O. The van der Waals surface area contributed by atoms with Crippen LogP contribution in [-0.4, -0.2) is 23.4 Å². The van der Waals surface area contributed by atoms with Crippen molar-refractivity contribution in [1.29, 1.82) is 0 Å². The number of hydrogen-bond donors (Lipinski definition) is 1. The van der Waals surface area contributed by atoms with Crippen LogP contribution in [0.2, 0.25) is 0 Å². The number of hydrogen-bond acceptors (Lipinski definition) is 3. The number of nitrogens with one attached hydrogen (secondary N) is 1. The average Bonchev–Trinajstić information content (AvgIpc) is 2.37. The van der Waals surface area contributed by atoms with E-state index in [1.54, 1.807) is 19.4 Å². The van der Waals surface area contributed by atoms with Gasteiger partial charge in [0, 0.05) is 23.3 Å². The minimum Gasteiger partial charge on any atom is -0.308 e. The fourth-order valence-corrected chi connectivity index (χ4v) is 1.77. The monoisotopic (exact) mass is 228 g/mol. The van der Waals surface area contributed by atoms with Crippen LogP contribution in [0.3, 0.4) is 0 Å². The maximum absolute atomic E-state index is 12.4. The minimum absolute atomic E-state index is 0.0943. The second kappa shape index (κ2) is 4.26. The molecule has 1 aromatic carbocycles. The highest BCUT2D eigenvalue weighted by Crippen LogP contribution is 2.21. The van der Waals surface area contributed by atoms with Gasteiger partial charge in [-0.1, -0.05) is 18.2 Å². The van der Waals surface area contributed by atoms with E-state index in [4.69, 9.17) is 0 Å². The third-order valence-electron chi connectivity index (χ3n) is 3.12. The summed E-state index contributed by atoms with van der Waals surface area (Å²) in [5, 5.41) is 4.98. The molecule has 0 aliphatic rings. The maximum Gasteiger partial charge on any atom is 0.182 e. The van der Waals surface area contributed by atoms with Gasteiger partial charge in [-0.3, -0.25) is 9.78 Å². The van der Waals surface area contributed by atoms with Crippen molar-refractivity contribution in [2.75, 3.05) is 7.05 Å². The second-order valence-corrected chi connectivity index (χ2v) is 4.61. The van der Waals surface area contributed by atoms with Crippen LogP contribution in [0, 0.1) is 0 Å². The molecule has 1 aromatic heterocycles. The van der Waals surface area contributed by atoms with Crippen LogP contribution in [0.5, 0.6) is 0 Å². The number of pyridine rings is 1. The highest BCUT2D eigenvalue weighted by Gasteiger charge is 2.27. The van der Waals surface area contributed by atoms with Crippen molar-refractivity contribution >= 4 is 16.6 Å². The van der Waals surface area contributed by atoms with E-state index >= 15 is 0 Å². The molecule has 0 atom stereocenters. The average molecular weight is 228 g/mol. The van der Waals surface area contributed by atoms with Gasteiger partial charge in [-0.25, -0.2) is 0 Å². The minimum atomic E-state index is -0.558. The van der Waals surface area contributed by atoms with Crippen molar-refractivity contribution < 1.29 is 4.79 Å². The van der Waals surface area contributed by atoms with Gasteiger partial charge in [0.25, 0.3) is 0 Å². The van der Waals surface area contributed by atoms with Crippen LogP contribution < -0.4 is 5.32 Å². The van der Waals surface area contributed by atoms with E-state index in [2.05, 4.69) is 10.3 Å². The Morgan fingerprint density at radius 1 is 1.29 bits per heavy atom. The molecule has 3 heteroatoms. The number of aromatic nitrogens is 1. The largest absolute Gasteiger partial charge is 0.308 e. The number of fused-ring (bicyclic) bond motifs is 1. The Hall–Kier alpha value is -1.74. The van der Waals surface area contributed by atoms with Gasteiger partial charge in [-0.05, 0) is 32.3 Å². The zero-order valence-corrected chi connectivity index (χ0v) is 10.3. The number of Topliss-reactive ketones (excluding diaryl/α,β-unsaturated/α-hetero) is 1. The SMILES string of the molecule is CNC(C)(C)C(=O)c1cccc2cnccc12. The lowest BCUT2D eigenvalue weighted by molar-refractivity contribution is 0.0891. The van der Waals surface area contributed by atoms with E-state index in [0.29, 0.717) is 0 Å². The Morgan fingerprint density at radius 2 is 2.06 bits per heavy atom. The van der Waals surface area contributed by atoms with Gasteiger partial charge >= 0.3 is 0 Å². The van der Waals surface area contributed by atoms with Gasteiger partial charge in [0.1, 0.15) is 0 Å². The molecule has 17 heavy (non-hydrogen) atoms. The van der Waals surface area contributed by atoms with Crippen molar-refractivity contribution in [2.24, 2.45) is 0 Å². The molecule has 1 heterocycles. The molecule has 3 nitrogen and oxygen atoms in total. The summed E-state index contributed by atoms with van der Waals surface area (Å²) in [5.74, 6) is 0.0943. The Kier molecular flexibility index (Phi) is 2.94. The topological polar surface area (TPSA) is 42.0 Å². The highest BCUT2D eigenvalue weighted by atomic mass is 16.1. The molecule has 0 aliphatic heterocycles. The predicted octanol–water partition coefficient (Wildman–Crippen LogP) is 2.42.